The molecule has 8 heteroatoms. The quantitative estimate of drug-likeness (QED) is 0.514. The van der Waals surface area contributed by atoms with Gasteiger partial charge in [0.2, 0.25) is 0 Å². The SMILES string of the molecule is CC(=O)OC(C)C(OC(C)=O)C(OC(C)=O)C1(C)OC(=O)C=CC1(C)C. The van der Waals surface area contributed by atoms with E-state index in [1.54, 1.807) is 26.8 Å². The van der Waals surface area contributed by atoms with Gasteiger partial charge < -0.3 is 18.9 Å². The van der Waals surface area contributed by atoms with Crippen LogP contribution in [-0.2, 0) is 38.1 Å². The van der Waals surface area contributed by atoms with E-state index in [4.69, 9.17) is 18.9 Å². The second-order valence-corrected chi connectivity index (χ2v) is 7.00. The van der Waals surface area contributed by atoms with Crippen LogP contribution in [0.3, 0.4) is 0 Å². The zero-order valence-corrected chi connectivity index (χ0v) is 16.2. The molecule has 26 heavy (non-hydrogen) atoms. The summed E-state index contributed by atoms with van der Waals surface area (Å²) in [4.78, 5) is 46.6. The third kappa shape index (κ3) is 4.83. The van der Waals surface area contributed by atoms with Crippen LogP contribution in [0, 0.1) is 5.41 Å². The normalized spacial score (nSPS) is 24.7. The van der Waals surface area contributed by atoms with Gasteiger partial charge >= 0.3 is 23.9 Å². The van der Waals surface area contributed by atoms with Crippen molar-refractivity contribution in [1.82, 2.24) is 0 Å². The molecule has 146 valence electrons. The molecule has 4 atom stereocenters. The van der Waals surface area contributed by atoms with E-state index in [9.17, 15) is 19.2 Å². The highest BCUT2D eigenvalue weighted by Crippen LogP contribution is 2.44. The molecule has 0 spiro atoms. The predicted octanol–water partition coefficient (Wildman–Crippen LogP) is 1.70. The zero-order chi connectivity index (χ0) is 20.3. The molecule has 0 aromatic heterocycles. The summed E-state index contributed by atoms with van der Waals surface area (Å²) in [6, 6.07) is 0. The number of hydrogen-bond donors (Lipinski definition) is 0. The van der Waals surface area contributed by atoms with Crippen LogP contribution >= 0.6 is 0 Å². The molecule has 0 radical (unpaired) electrons. The van der Waals surface area contributed by atoms with Crippen LogP contribution in [0.15, 0.2) is 12.2 Å². The third-order valence-corrected chi connectivity index (χ3v) is 4.48. The Balaban J connectivity index is 3.45. The second-order valence-electron chi connectivity index (χ2n) is 7.00. The first kappa shape index (κ1) is 21.7. The van der Waals surface area contributed by atoms with Gasteiger partial charge in [0.15, 0.2) is 17.8 Å². The lowest BCUT2D eigenvalue weighted by Crippen LogP contribution is -2.63. The summed E-state index contributed by atoms with van der Waals surface area (Å²) in [5.41, 5.74) is -2.14. The Morgan fingerprint density at radius 1 is 0.962 bits per heavy atom. The average Bonchev–Trinajstić information content (AvgIpc) is 2.46. The highest BCUT2D eigenvalue weighted by molar-refractivity contribution is 5.83. The molecule has 0 aliphatic carbocycles. The van der Waals surface area contributed by atoms with Crippen LogP contribution in [0.5, 0.6) is 0 Å². The van der Waals surface area contributed by atoms with Crippen molar-refractivity contribution in [3.8, 4) is 0 Å². The van der Waals surface area contributed by atoms with Gasteiger partial charge in [-0.3, -0.25) is 14.4 Å². The molecule has 0 amide bonds. The first-order valence-electron chi connectivity index (χ1n) is 8.24. The van der Waals surface area contributed by atoms with Gasteiger partial charge in [-0.25, -0.2) is 4.79 Å². The van der Waals surface area contributed by atoms with Gasteiger partial charge in [-0.05, 0) is 13.8 Å². The predicted molar refractivity (Wildman–Crippen MR) is 89.8 cm³/mol. The lowest BCUT2D eigenvalue weighted by molar-refractivity contribution is -0.228. The molecule has 0 saturated heterocycles. The molecule has 8 nitrogen and oxygen atoms in total. The van der Waals surface area contributed by atoms with E-state index in [0.29, 0.717) is 0 Å². The maximum atomic E-state index is 11.9. The van der Waals surface area contributed by atoms with Crippen molar-refractivity contribution in [1.29, 1.82) is 0 Å². The van der Waals surface area contributed by atoms with Crippen molar-refractivity contribution in [2.24, 2.45) is 5.41 Å². The number of carbonyl (C=O) groups is 4. The summed E-state index contributed by atoms with van der Waals surface area (Å²) >= 11 is 0. The number of cyclic esters (lactones) is 1. The van der Waals surface area contributed by atoms with Gasteiger partial charge in [0.05, 0.1) is 0 Å². The molecule has 1 rings (SSSR count). The van der Waals surface area contributed by atoms with Crippen LogP contribution in [0.2, 0.25) is 0 Å². The summed E-state index contributed by atoms with van der Waals surface area (Å²) < 4.78 is 21.4. The van der Waals surface area contributed by atoms with Crippen LogP contribution in [0.1, 0.15) is 48.5 Å². The molecule has 0 saturated carbocycles. The van der Waals surface area contributed by atoms with Crippen molar-refractivity contribution < 1.29 is 38.1 Å². The molecule has 0 fully saturated rings. The molecule has 0 bridgehead atoms. The molecule has 1 heterocycles. The van der Waals surface area contributed by atoms with Crippen molar-refractivity contribution in [3.05, 3.63) is 12.2 Å². The molecule has 1 aliphatic heterocycles. The first-order chi connectivity index (χ1) is 11.8. The molecule has 0 aromatic rings. The number of ether oxygens (including phenoxy) is 4. The van der Waals surface area contributed by atoms with Crippen LogP contribution < -0.4 is 0 Å². The van der Waals surface area contributed by atoms with Crippen LogP contribution in [-0.4, -0.2) is 47.8 Å². The second kappa shape index (κ2) is 7.88. The molecule has 0 aromatic carbocycles. The van der Waals surface area contributed by atoms with Crippen molar-refractivity contribution in [2.75, 3.05) is 0 Å². The van der Waals surface area contributed by atoms with Gasteiger partial charge in [-0.2, -0.15) is 0 Å². The Morgan fingerprint density at radius 2 is 1.46 bits per heavy atom. The van der Waals surface area contributed by atoms with Gasteiger partial charge in [0, 0.05) is 32.3 Å². The Kier molecular flexibility index (Phi) is 6.57. The van der Waals surface area contributed by atoms with Crippen molar-refractivity contribution in [2.45, 2.75) is 72.4 Å². The van der Waals surface area contributed by atoms with E-state index >= 15 is 0 Å². The smallest absolute Gasteiger partial charge is 0.331 e. The summed E-state index contributed by atoms with van der Waals surface area (Å²) in [5, 5.41) is 0. The van der Waals surface area contributed by atoms with Crippen LogP contribution in [0.4, 0.5) is 0 Å². The standard InChI is InChI=1S/C18H26O8/c1-10(23-11(2)19)15(24-12(3)20)16(25-13(4)21)18(7)17(5,6)9-8-14(22)26-18/h8-10,15-16H,1-7H3. The minimum absolute atomic E-state index is 0.596. The van der Waals surface area contributed by atoms with Gasteiger partial charge in [-0.1, -0.05) is 19.9 Å². The van der Waals surface area contributed by atoms with Gasteiger partial charge in [0.25, 0.3) is 0 Å². The topological polar surface area (TPSA) is 105 Å². The third-order valence-electron chi connectivity index (χ3n) is 4.48. The van der Waals surface area contributed by atoms with Crippen molar-refractivity contribution in [3.63, 3.8) is 0 Å². The number of hydrogen-bond acceptors (Lipinski definition) is 8. The van der Waals surface area contributed by atoms with E-state index in [1.165, 1.54) is 33.8 Å². The van der Waals surface area contributed by atoms with Crippen molar-refractivity contribution >= 4 is 23.9 Å². The van der Waals surface area contributed by atoms with E-state index in [2.05, 4.69) is 0 Å². The van der Waals surface area contributed by atoms with E-state index in [-0.39, 0.29) is 0 Å². The zero-order valence-electron chi connectivity index (χ0n) is 16.2. The Labute approximate surface area is 152 Å². The average molecular weight is 370 g/mol. The molecular weight excluding hydrogens is 344 g/mol. The maximum Gasteiger partial charge on any atom is 0.331 e. The van der Waals surface area contributed by atoms with E-state index in [1.807, 2.05) is 0 Å². The van der Waals surface area contributed by atoms with Gasteiger partial charge in [-0.15, -0.1) is 0 Å². The summed E-state index contributed by atoms with van der Waals surface area (Å²) in [7, 11) is 0. The molecular formula is C18H26O8. The van der Waals surface area contributed by atoms with E-state index in [0.717, 1.165) is 0 Å². The number of rotatable bonds is 6. The van der Waals surface area contributed by atoms with Crippen LogP contribution in [0.25, 0.3) is 0 Å². The Bertz CT molecular complexity index is 621. The fourth-order valence-electron chi connectivity index (χ4n) is 2.84. The summed E-state index contributed by atoms with van der Waals surface area (Å²) in [5.74, 6) is -2.54. The summed E-state index contributed by atoms with van der Waals surface area (Å²) in [6.07, 6.45) is -0.413. The largest absolute Gasteiger partial charge is 0.459 e. The molecule has 0 N–H and O–H groups in total. The fraction of sp³-hybridized carbons (Fsp3) is 0.667. The maximum absolute atomic E-state index is 11.9. The highest BCUT2D eigenvalue weighted by Gasteiger charge is 2.57. The lowest BCUT2D eigenvalue weighted by atomic mass is 9.69. The lowest BCUT2D eigenvalue weighted by Gasteiger charge is -2.49. The first-order valence-corrected chi connectivity index (χ1v) is 8.24. The van der Waals surface area contributed by atoms with E-state index < -0.39 is 53.2 Å². The molecule has 4 unspecified atom stereocenters. The minimum atomic E-state index is -1.38. The Morgan fingerprint density at radius 3 is 1.92 bits per heavy atom. The molecule has 1 aliphatic rings. The van der Waals surface area contributed by atoms with Gasteiger partial charge in [0.1, 0.15) is 6.10 Å². The number of carbonyl (C=O) groups excluding carboxylic acids is 4. The Hall–Kier alpha value is -2.38. The minimum Gasteiger partial charge on any atom is -0.459 e. The monoisotopic (exact) mass is 370 g/mol. The fourth-order valence-corrected chi connectivity index (χ4v) is 2.84. The number of esters is 4. The highest BCUT2D eigenvalue weighted by atomic mass is 16.6. The summed E-state index contributed by atoms with van der Waals surface area (Å²) in [6.45, 7) is 10.2.